The topological polar surface area (TPSA) is 25.2 Å². The Morgan fingerprint density at radius 3 is 2.81 bits per heavy atom. The van der Waals surface area contributed by atoms with Crippen molar-refractivity contribution >= 4 is 35.3 Å². The number of hydrogen-bond acceptors (Lipinski definition) is 3. The predicted octanol–water partition coefficient (Wildman–Crippen LogP) is 3.75. The highest BCUT2D eigenvalue weighted by atomic mass is 35.5. The van der Waals surface area contributed by atoms with E-state index in [1.807, 2.05) is 18.2 Å². The molecule has 0 amide bonds. The molecule has 5 heteroatoms. The van der Waals surface area contributed by atoms with Crippen molar-refractivity contribution in [1.82, 2.24) is 5.32 Å². The molecule has 0 spiro atoms. The molecular weight excluding hydrogens is 265 g/mol. The molecule has 0 aliphatic carbocycles. The number of rotatable bonds is 5. The number of halogens is 2. The molecule has 0 aromatic carbocycles. The zero-order chi connectivity index (χ0) is 10.5. The molecule has 2 aromatic heterocycles. The summed E-state index contributed by atoms with van der Waals surface area (Å²) >= 11 is 7.48. The molecule has 0 bridgehead atoms. The number of furan rings is 1. The van der Waals surface area contributed by atoms with E-state index in [1.165, 1.54) is 4.88 Å². The zero-order valence-corrected chi connectivity index (χ0v) is 11.0. The standard InChI is InChI=1S/C11H12ClNOS.ClH/c12-11-4-3-10(15-11)5-6-13-8-9-2-1-7-14-9;/h1-4,7,13H,5-6,8H2;1H. The fourth-order valence-electron chi connectivity index (χ4n) is 1.32. The first-order chi connectivity index (χ1) is 7.34. The molecule has 2 nitrogen and oxygen atoms in total. The van der Waals surface area contributed by atoms with Gasteiger partial charge in [-0.1, -0.05) is 11.6 Å². The van der Waals surface area contributed by atoms with Gasteiger partial charge >= 0.3 is 0 Å². The lowest BCUT2D eigenvalue weighted by atomic mass is 10.3. The predicted molar refractivity (Wildman–Crippen MR) is 70.7 cm³/mol. The molecule has 88 valence electrons. The van der Waals surface area contributed by atoms with Gasteiger partial charge in [0.2, 0.25) is 0 Å². The summed E-state index contributed by atoms with van der Waals surface area (Å²) in [6.07, 6.45) is 2.70. The third-order valence-electron chi connectivity index (χ3n) is 2.06. The lowest BCUT2D eigenvalue weighted by Crippen LogP contribution is -2.15. The maximum absolute atomic E-state index is 5.84. The minimum absolute atomic E-state index is 0. The normalized spacial score (nSPS) is 10.1. The van der Waals surface area contributed by atoms with Crippen molar-refractivity contribution in [3.8, 4) is 0 Å². The van der Waals surface area contributed by atoms with E-state index in [0.29, 0.717) is 0 Å². The zero-order valence-electron chi connectivity index (χ0n) is 8.61. The molecule has 0 aliphatic heterocycles. The van der Waals surface area contributed by atoms with Gasteiger partial charge in [-0.05, 0) is 30.7 Å². The molecule has 0 atom stereocenters. The second-order valence-corrected chi connectivity index (χ2v) is 5.01. The first kappa shape index (κ1) is 13.6. The summed E-state index contributed by atoms with van der Waals surface area (Å²) in [5.74, 6) is 0.971. The Labute approximate surface area is 110 Å². The van der Waals surface area contributed by atoms with Crippen molar-refractivity contribution in [1.29, 1.82) is 0 Å². The minimum atomic E-state index is 0. The Bertz CT molecular complexity index is 400. The van der Waals surface area contributed by atoms with Crippen LogP contribution >= 0.6 is 35.3 Å². The van der Waals surface area contributed by atoms with E-state index >= 15 is 0 Å². The van der Waals surface area contributed by atoms with Crippen LogP contribution in [0.3, 0.4) is 0 Å². The van der Waals surface area contributed by atoms with Crippen molar-refractivity contribution in [2.24, 2.45) is 0 Å². The summed E-state index contributed by atoms with van der Waals surface area (Å²) in [5, 5.41) is 3.32. The Morgan fingerprint density at radius 1 is 1.31 bits per heavy atom. The van der Waals surface area contributed by atoms with Gasteiger partial charge in [-0.15, -0.1) is 23.7 Å². The van der Waals surface area contributed by atoms with Gasteiger partial charge in [-0.2, -0.15) is 0 Å². The summed E-state index contributed by atoms with van der Waals surface area (Å²) in [5.41, 5.74) is 0. The third kappa shape index (κ3) is 4.18. The van der Waals surface area contributed by atoms with E-state index in [1.54, 1.807) is 17.6 Å². The average molecular weight is 278 g/mol. The Balaban J connectivity index is 0.00000128. The van der Waals surface area contributed by atoms with Crippen LogP contribution in [0.5, 0.6) is 0 Å². The van der Waals surface area contributed by atoms with E-state index < -0.39 is 0 Å². The summed E-state index contributed by atoms with van der Waals surface area (Å²) < 4.78 is 6.07. The van der Waals surface area contributed by atoms with Crippen LogP contribution in [0.15, 0.2) is 34.9 Å². The van der Waals surface area contributed by atoms with E-state index in [2.05, 4.69) is 11.4 Å². The van der Waals surface area contributed by atoms with Crippen LogP contribution in [0.1, 0.15) is 10.6 Å². The van der Waals surface area contributed by atoms with Gasteiger partial charge in [0.25, 0.3) is 0 Å². The quantitative estimate of drug-likeness (QED) is 0.843. The van der Waals surface area contributed by atoms with Crippen molar-refractivity contribution in [2.45, 2.75) is 13.0 Å². The first-order valence-corrected chi connectivity index (χ1v) is 6.01. The van der Waals surface area contributed by atoms with Gasteiger partial charge in [-0.25, -0.2) is 0 Å². The first-order valence-electron chi connectivity index (χ1n) is 4.82. The molecule has 0 aliphatic rings. The van der Waals surface area contributed by atoms with Crippen LogP contribution in [-0.4, -0.2) is 6.54 Å². The lowest BCUT2D eigenvalue weighted by molar-refractivity contribution is 0.484. The molecule has 2 heterocycles. The number of hydrogen-bond donors (Lipinski definition) is 1. The van der Waals surface area contributed by atoms with Gasteiger partial charge < -0.3 is 9.73 Å². The third-order valence-corrected chi connectivity index (χ3v) is 3.35. The number of thiophene rings is 1. The van der Waals surface area contributed by atoms with E-state index in [9.17, 15) is 0 Å². The fraction of sp³-hybridized carbons (Fsp3) is 0.273. The lowest BCUT2D eigenvalue weighted by Gasteiger charge is -2.00. The second kappa shape index (κ2) is 6.97. The van der Waals surface area contributed by atoms with Crippen LogP contribution < -0.4 is 5.32 Å². The molecule has 16 heavy (non-hydrogen) atoms. The van der Waals surface area contributed by atoms with Crippen LogP contribution in [-0.2, 0) is 13.0 Å². The van der Waals surface area contributed by atoms with E-state index in [-0.39, 0.29) is 12.4 Å². The highest BCUT2D eigenvalue weighted by Gasteiger charge is 1.98. The largest absolute Gasteiger partial charge is 0.468 e. The summed E-state index contributed by atoms with van der Waals surface area (Å²) in [6.45, 7) is 1.73. The molecule has 0 fully saturated rings. The van der Waals surface area contributed by atoms with Gasteiger partial charge in [0.05, 0.1) is 17.1 Å². The number of nitrogens with one attached hydrogen (secondary N) is 1. The average Bonchev–Trinajstić information content (AvgIpc) is 2.84. The fourth-order valence-corrected chi connectivity index (χ4v) is 2.41. The molecule has 0 unspecified atom stereocenters. The minimum Gasteiger partial charge on any atom is -0.468 e. The molecule has 1 N–H and O–H groups in total. The van der Waals surface area contributed by atoms with Gasteiger partial charge in [0, 0.05) is 11.4 Å². The van der Waals surface area contributed by atoms with Crippen LogP contribution in [0.2, 0.25) is 4.34 Å². The molecule has 0 saturated heterocycles. The molecule has 0 saturated carbocycles. The van der Waals surface area contributed by atoms with Crippen molar-refractivity contribution < 1.29 is 4.42 Å². The molecule has 2 rings (SSSR count). The van der Waals surface area contributed by atoms with Crippen LogP contribution in [0.4, 0.5) is 0 Å². The van der Waals surface area contributed by atoms with Crippen molar-refractivity contribution in [3.63, 3.8) is 0 Å². The van der Waals surface area contributed by atoms with Crippen molar-refractivity contribution in [3.05, 3.63) is 45.5 Å². The Kier molecular flexibility index (Phi) is 5.91. The van der Waals surface area contributed by atoms with Gasteiger partial charge in [0.1, 0.15) is 5.76 Å². The maximum atomic E-state index is 5.84. The highest BCUT2D eigenvalue weighted by molar-refractivity contribution is 7.16. The van der Waals surface area contributed by atoms with E-state index in [4.69, 9.17) is 16.0 Å². The Morgan fingerprint density at radius 2 is 2.19 bits per heavy atom. The molecule has 2 aromatic rings. The maximum Gasteiger partial charge on any atom is 0.117 e. The van der Waals surface area contributed by atoms with Crippen molar-refractivity contribution in [2.75, 3.05) is 6.54 Å². The monoisotopic (exact) mass is 277 g/mol. The molecular formula is C11H13Cl2NOS. The SMILES string of the molecule is Cl.Clc1ccc(CCNCc2ccco2)s1. The highest BCUT2D eigenvalue weighted by Crippen LogP contribution is 2.21. The summed E-state index contributed by atoms with van der Waals surface area (Å²) in [7, 11) is 0. The smallest absolute Gasteiger partial charge is 0.117 e. The summed E-state index contributed by atoms with van der Waals surface area (Å²) in [6, 6.07) is 7.88. The van der Waals surface area contributed by atoms with Gasteiger partial charge in [-0.3, -0.25) is 0 Å². The van der Waals surface area contributed by atoms with Crippen LogP contribution in [0, 0.1) is 0 Å². The molecule has 0 radical (unpaired) electrons. The second-order valence-electron chi connectivity index (χ2n) is 3.21. The van der Waals surface area contributed by atoms with Gasteiger partial charge in [0.15, 0.2) is 0 Å². The summed E-state index contributed by atoms with van der Waals surface area (Å²) in [4.78, 5) is 1.31. The van der Waals surface area contributed by atoms with Crippen LogP contribution in [0.25, 0.3) is 0 Å². The van der Waals surface area contributed by atoms with E-state index in [0.717, 1.165) is 29.6 Å². The Hall–Kier alpha value is -0.480.